The van der Waals surface area contributed by atoms with Crippen molar-refractivity contribution < 1.29 is 23.9 Å². The number of terminal acetylenes is 1. The maximum absolute atomic E-state index is 12.8. The maximum atomic E-state index is 12.8. The predicted molar refractivity (Wildman–Crippen MR) is 115 cm³/mol. The minimum atomic E-state index is -1.02. The summed E-state index contributed by atoms with van der Waals surface area (Å²) in [5.74, 6) is 1.61. The molecule has 0 heterocycles. The topological polar surface area (TPSA) is 76.2 Å². The zero-order valence-corrected chi connectivity index (χ0v) is 17.1. The van der Waals surface area contributed by atoms with Gasteiger partial charge in [0.15, 0.2) is 0 Å². The molecule has 0 aromatic heterocycles. The zero-order chi connectivity index (χ0) is 22.5. The Balaban J connectivity index is 2.16. The SMILES string of the molecule is C#CCN(C(=O)OCc1ccccc1)N(C(=O)CCC=C)C(=O)OCc1ccccc1. The van der Waals surface area contributed by atoms with Crippen LogP contribution < -0.4 is 0 Å². The van der Waals surface area contributed by atoms with Crippen LogP contribution in [-0.4, -0.2) is 34.7 Å². The molecule has 3 amide bonds. The monoisotopic (exact) mass is 420 g/mol. The molecule has 0 aliphatic heterocycles. The normalized spacial score (nSPS) is 9.77. The van der Waals surface area contributed by atoms with Crippen molar-refractivity contribution in [3.8, 4) is 12.3 Å². The van der Waals surface area contributed by atoms with Crippen LogP contribution >= 0.6 is 0 Å². The number of hydrazine groups is 1. The average Bonchev–Trinajstić information content (AvgIpc) is 2.80. The second kappa shape index (κ2) is 12.5. The van der Waals surface area contributed by atoms with Crippen LogP contribution in [0.3, 0.4) is 0 Å². The number of imide groups is 1. The lowest BCUT2D eigenvalue weighted by molar-refractivity contribution is -0.141. The highest BCUT2D eigenvalue weighted by Gasteiger charge is 2.33. The van der Waals surface area contributed by atoms with E-state index in [2.05, 4.69) is 12.5 Å². The Labute approximate surface area is 181 Å². The van der Waals surface area contributed by atoms with Crippen molar-refractivity contribution in [3.63, 3.8) is 0 Å². The highest BCUT2D eigenvalue weighted by Crippen LogP contribution is 2.12. The molecule has 0 saturated carbocycles. The predicted octanol–water partition coefficient (Wildman–Crippen LogP) is 4.31. The summed E-state index contributed by atoms with van der Waals surface area (Å²) in [5.41, 5.74) is 1.47. The third kappa shape index (κ3) is 7.37. The van der Waals surface area contributed by atoms with E-state index in [9.17, 15) is 14.4 Å². The number of rotatable bonds is 8. The van der Waals surface area contributed by atoms with Gasteiger partial charge in [-0.2, -0.15) is 5.01 Å². The lowest BCUT2D eigenvalue weighted by Crippen LogP contribution is -2.53. The van der Waals surface area contributed by atoms with Crippen molar-refractivity contribution in [3.05, 3.63) is 84.4 Å². The Kier molecular flexibility index (Phi) is 9.37. The second-order valence-electron chi connectivity index (χ2n) is 6.38. The van der Waals surface area contributed by atoms with Crippen LogP contribution in [0.5, 0.6) is 0 Å². The Morgan fingerprint density at radius 2 is 1.42 bits per heavy atom. The number of benzene rings is 2. The van der Waals surface area contributed by atoms with E-state index in [1.807, 2.05) is 12.1 Å². The number of hydrogen-bond acceptors (Lipinski definition) is 5. The van der Waals surface area contributed by atoms with Crippen molar-refractivity contribution in [1.29, 1.82) is 0 Å². The molecule has 0 atom stereocenters. The molecule has 0 spiro atoms. The lowest BCUT2D eigenvalue weighted by atomic mass is 10.2. The highest BCUT2D eigenvalue weighted by molar-refractivity contribution is 5.93. The number of amides is 3. The number of nitrogens with zero attached hydrogens (tertiary/aromatic N) is 2. The van der Waals surface area contributed by atoms with Gasteiger partial charge in [0.25, 0.3) is 5.91 Å². The molecule has 0 N–H and O–H groups in total. The van der Waals surface area contributed by atoms with E-state index >= 15 is 0 Å². The summed E-state index contributed by atoms with van der Waals surface area (Å²) in [6, 6.07) is 17.9. The fourth-order valence-corrected chi connectivity index (χ4v) is 2.54. The van der Waals surface area contributed by atoms with Crippen molar-refractivity contribution >= 4 is 18.1 Å². The number of hydrogen-bond donors (Lipinski definition) is 0. The van der Waals surface area contributed by atoms with Gasteiger partial charge in [-0.15, -0.1) is 18.0 Å². The minimum absolute atomic E-state index is 0.0471. The molecule has 0 saturated heterocycles. The molecule has 2 rings (SSSR count). The van der Waals surface area contributed by atoms with Gasteiger partial charge in [0.05, 0.1) is 0 Å². The van der Waals surface area contributed by atoms with Crippen molar-refractivity contribution in [2.75, 3.05) is 6.54 Å². The molecule has 7 nitrogen and oxygen atoms in total. The molecule has 0 unspecified atom stereocenters. The smallest absolute Gasteiger partial charge is 0.436 e. The molecule has 0 radical (unpaired) electrons. The molecule has 0 aliphatic carbocycles. The summed E-state index contributed by atoms with van der Waals surface area (Å²) < 4.78 is 10.5. The van der Waals surface area contributed by atoms with Crippen LogP contribution in [-0.2, 0) is 27.5 Å². The zero-order valence-electron chi connectivity index (χ0n) is 17.1. The molecular weight excluding hydrogens is 396 g/mol. The van der Waals surface area contributed by atoms with Gasteiger partial charge in [-0.25, -0.2) is 9.59 Å². The van der Waals surface area contributed by atoms with Gasteiger partial charge in [0, 0.05) is 6.42 Å². The molecule has 0 fully saturated rings. The summed E-state index contributed by atoms with van der Waals surface area (Å²) in [5, 5.41) is 1.36. The van der Waals surface area contributed by atoms with Gasteiger partial charge < -0.3 is 9.47 Å². The van der Waals surface area contributed by atoms with Gasteiger partial charge in [0.2, 0.25) is 0 Å². The van der Waals surface area contributed by atoms with E-state index in [-0.39, 0.29) is 26.2 Å². The molecule has 0 bridgehead atoms. The summed E-state index contributed by atoms with van der Waals surface area (Å²) >= 11 is 0. The van der Waals surface area contributed by atoms with Crippen LogP contribution in [0.25, 0.3) is 0 Å². The van der Waals surface area contributed by atoms with Crippen LogP contribution in [0.1, 0.15) is 24.0 Å². The quantitative estimate of drug-likeness (QED) is 0.361. The van der Waals surface area contributed by atoms with Crippen LogP contribution in [0.4, 0.5) is 9.59 Å². The first-order valence-corrected chi connectivity index (χ1v) is 9.63. The van der Waals surface area contributed by atoms with E-state index in [1.54, 1.807) is 48.5 Å². The molecule has 2 aromatic rings. The minimum Gasteiger partial charge on any atom is -0.443 e. The van der Waals surface area contributed by atoms with Gasteiger partial charge in [-0.05, 0) is 17.5 Å². The summed E-state index contributed by atoms with van der Waals surface area (Å²) in [4.78, 5) is 38.2. The fraction of sp³-hybridized carbons (Fsp3) is 0.208. The van der Waals surface area contributed by atoms with Gasteiger partial charge in [0.1, 0.15) is 19.8 Å². The van der Waals surface area contributed by atoms with Crippen LogP contribution in [0.15, 0.2) is 73.3 Å². The third-order valence-corrected chi connectivity index (χ3v) is 4.07. The molecule has 7 heteroatoms. The van der Waals surface area contributed by atoms with Gasteiger partial charge >= 0.3 is 12.2 Å². The van der Waals surface area contributed by atoms with Crippen molar-refractivity contribution in [1.82, 2.24) is 10.0 Å². The number of carbonyl (C=O) groups excluding carboxylic acids is 3. The number of ether oxygens (including phenoxy) is 2. The first-order valence-electron chi connectivity index (χ1n) is 9.63. The third-order valence-electron chi connectivity index (χ3n) is 4.07. The summed E-state index contributed by atoms with van der Waals surface area (Å²) in [6.07, 6.45) is 5.19. The molecule has 2 aromatic carbocycles. The highest BCUT2D eigenvalue weighted by atomic mass is 16.6. The fourth-order valence-electron chi connectivity index (χ4n) is 2.54. The van der Waals surface area contributed by atoms with Gasteiger partial charge in [-0.3, -0.25) is 4.79 Å². The van der Waals surface area contributed by atoms with E-state index in [1.165, 1.54) is 6.08 Å². The Bertz CT molecular complexity index is 922. The van der Waals surface area contributed by atoms with E-state index < -0.39 is 18.1 Å². The molecular formula is C24H24N2O5. The lowest BCUT2D eigenvalue weighted by Gasteiger charge is -2.30. The van der Waals surface area contributed by atoms with Crippen molar-refractivity contribution in [2.45, 2.75) is 26.1 Å². The molecule has 31 heavy (non-hydrogen) atoms. The Hall–Kier alpha value is -4.05. The van der Waals surface area contributed by atoms with E-state index in [0.29, 0.717) is 11.4 Å². The number of carbonyl (C=O) groups is 3. The van der Waals surface area contributed by atoms with Crippen molar-refractivity contribution in [2.24, 2.45) is 0 Å². The largest absolute Gasteiger partial charge is 0.443 e. The Morgan fingerprint density at radius 1 is 0.903 bits per heavy atom. The van der Waals surface area contributed by atoms with E-state index in [4.69, 9.17) is 15.9 Å². The molecule has 0 aliphatic rings. The molecule has 160 valence electrons. The van der Waals surface area contributed by atoms with Crippen LogP contribution in [0, 0.1) is 12.3 Å². The number of allylic oxidation sites excluding steroid dienone is 1. The standard InChI is InChI=1S/C24H24N2O5/c1-3-5-16-22(27)26(24(29)31-19-21-14-10-7-11-15-21)25(17-4-2)23(28)30-18-20-12-8-6-9-13-20/h2-3,6-15H,1,5,16-19H2. The van der Waals surface area contributed by atoms with E-state index in [0.717, 1.165) is 16.1 Å². The first-order chi connectivity index (χ1) is 15.1. The maximum Gasteiger partial charge on any atom is 0.436 e. The van der Waals surface area contributed by atoms with Crippen LogP contribution in [0.2, 0.25) is 0 Å². The summed E-state index contributed by atoms with van der Waals surface area (Å²) in [6.45, 7) is 3.09. The Morgan fingerprint density at radius 3 is 1.90 bits per heavy atom. The summed E-state index contributed by atoms with van der Waals surface area (Å²) in [7, 11) is 0. The van der Waals surface area contributed by atoms with Gasteiger partial charge in [-0.1, -0.05) is 72.7 Å². The first kappa shape index (κ1) is 23.2. The second-order valence-corrected chi connectivity index (χ2v) is 6.38. The average molecular weight is 420 g/mol.